The summed E-state index contributed by atoms with van der Waals surface area (Å²) < 4.78 is 0. The van der Waals surface area contributed by atoms with Crippen LogP contribution in [0.25, 0.3) is 0 Å². The molecule has 3 fully saturated rings. The van der Waals surface area contributed by atoms with Crippen LogP contribution in [-0.2, 0) is 4.79 Å². The number of hydrogen-bond acceptors (Lipinski definition) is 2. The van der Waals surface area contributed by atoms with E-state index in [1.807, 2.05) is 0 Å². The van der Waals surface area contributed by atoms with Gasteiger partial charge in [0, 0.05) is 5.97 Å². The lowest BCUT2D eigenvalue weighted by molar-refractivity contribution is -0.307. The third kappa shape index (κ3) is 4.26. The van der Waals surface area contributed by atoms with Crippen LogP contribution in [0.4, 0.5) is 0 Å². The van der Waals surface area contributed by atoms with Crippen molar-refractivity contribution in [3.63, 3.8) is 0 Å². The first-order chi connectivity index (χ1) is 14.6. The normalized spacial score (nSPS) is 43.0. The van der Waals surface area contributed by atoms with Crippen molar-refractivity contribution >= 4 is 5.97 Å². The molecule has 0 heterocycles. The predicted molar refractivity (Wildman–Crippen MR) is 126 cm³/mol. The Hall–Kier alpha value is -0.790. The van der Waals surface area contributed by atoms with Crippen LogP contribution in [-0.4, -0.2) is 5.97 Å². The fourth-order valence-corrected chi connectivity index (χ4v) is 9.17. The van der Waals surface area contributed by atoms with Crippen molar-refractivity contribution in [3.8, 4) is 0 Å². The zero-order chi connectivity index (χ0) is 22.4. The monoisotopic (exact) mass is 427 g/mol. The van der Waals surface area contributed by atoms with E-state index >= 15 is 0 Å². The van der Waals surface area contributed by atoms with Gasteiger partial charge in [-0.15, -0.1) is 0 Å². The lowest BCUT2D eigenvalue weighted by Crippen LogP contribution is -2.50. The molecule has 0 aromatic rings. The van der Waals surface area contributed by atoms with E-state index in [1.54, 1.807) is 5.57 Å². The molecule has 176 valence electrons. The molecule has 2 heteroatoms. The quantitative estimate of drug-likeness (QED) is 0.420. The first-order valence-electron chi connectivity index (χ1n) is 13.5. The van der Waals surface area contributed by atoms with Gasteiger partial charge in [0.05, 0.1) is 0 Å². The lowest BCUT2D eigenvalue weighted by atomic mass is 9.46. The second-order valence-corrected chi connectivity index (χ2v) is 13.0. The van der Waals surface area contributed by atoms with Gasteiger partial charge in [0.25, 0.3) is 0 Å². The highest BCUT2D eigenvalue weighted by molar-refractivity contribution is 5.64. The maximum absolute atomic E-state index is 11.1. The van der Waals surface area contributed by atoms with Crippen LogP contribution in [0, 0.1) is 52.3 Å². The average Bonchev–Trinajstić information content (AvgIpc) is 3.05. The number of fused-ring (bicyclic) bond motifs is 5. The fourth-order valence-electron chi connectivity index (χ4n) is 9.17. The van der Waals surface area contributed by atoms with Crippen LogP contribution in [0.5, 0.6) is 0 Å². The third-order valence-electron chi connectivity index (χ3n) is 10.9. The zero-order valence-corrected chi connectivity index (χ0v) is 20.9. The topological polar surface area (TPSA) is 40.1 Å². The molecule has 4 aliphatic rings. The molecule has 31 heavy (non-hydrogen) atoms. The molecule has 8 atom stereocenters. The molecule has 0 aromatic heterocycles. The molecule has 0 amide bonds. The second-order valence-electron chi connectivity index (χ2n) is 13.0. The number of aliphatic carboxylic acids is 1. The lowest BCUT2D eigenvalue weighted by Gasteiger charge is -2.58. The summed E-state index contributed by atoms with van der Waals surface area (Å²) in [6, 6.07) is 0. The predicted octanol–water partition coefficient (Wildman–Crippen LogP) is 6.78. The SMILES string of the molecule is CC(C)CCC[C@@H](C)[C@H]1CC[C@H]2[C@@H]3CC=C4C[C@@H](CC(=O)[O-])CC[C@]4(C)[C@H]3CC[C@]12C. The van der Waals surface area contributed by atoms with Gasteiger partial charge < -0.3 is 9.90 Å². The van der Waals surface area contributed by atoms with Crippen molar-refractivity contribution in [2.24, 2.45) is 52.3 Å². The van der Waals surface area contributed by atoms with Crippen molar-refractivity contribution in [1.29, 1.82) is 0 Å². The summed E-state index contributed by atoms with van der Waals surface area (Å²) >= 11 is 0. The molecule has 4 aliphatic carbocycles. The van der Waals surface area contributed by atoms with E-state index in [2.05, 4.69) is 40.7 Å². The largest absolute Gasteiger partial charge is 0.550 e. The number of carbonyl (C=O) groups excluding carboxylic acids is 1. The maximum atomic E-state index is 11.1. The highest BCUT2D eigenvalue weighted by Gasteiger charge is 2.59. The highest BCUT2D eigenvalue weighted by atomic mass is 16.4. The maximum Gasteiger partial charge on any atom is 0.0417 e. The Morgan fingerprint density at radius 1 is 1.06 bits per heavy atom. The number of rotatable bonds is 7. The molecular formula is C29H47O2-. The number of hydrogen-bond donors (Lipinski definition) is 0. The molecular weight excluding hydrogens is 380 g/mol. The summed E-state index contributed by atoms with van der Waals surface area (Å²) in [6.07, 6.45) is 17.3. The van der Waals surface area contributed by atoms with E-state index in [0.29, 0.717) is 16.7 Å². The van der Waals surface area contributed by atoms with Crippen molar-refractivity contribution in [1.82, 2.24) is 0 Å². The Labute approximate surface area is 191 Å². The molecule has 4 rings (SSSR count). The van der Waals surface area contributed by atoms with Crippen LogP contribution < -0.4 is 5.11 Å². The van der Waals surface area contributed by atoms with Gasteiger partial charge in [-0.3, -0.25) is 0 Å². The summed E-state index contributed by atoms with van der Waals surface area (Å²) in [5.41, 5.74) is 2.48. The fraction of sp³-hybridized carbons (Fsp3) is 0.897. The summed E-state index contributed by atoms with van der Waals surface area (Å²) in [4.78, 5) is 11.1. The van der Waals surface area contributed by atoms with E-state index in [9.17, 15) is 9.90 Å². The van der Waals surface area contributed by atoms with Gasteiger partial charge in [-0.2, -0.15) is 0 Å². The molecule has 0 saturated heterocycles. The van der Waals surface area contributed by atoms with E-state index in [-0.39, 0.29) is 6.42 Å². The van der Waals surface area contributed by atoms with Gasteiger partial charge in [-0.1, -0.05) is 65.5 Å². The Bertz CT molecular complexity index is 693. The van der Waals surface area contributed by atoms with Gasteiger partial charge in [0.1, 0.15) is 0 Å². The standard InChI is InChI=1S/C29H48O2/c1-19(2)7-6-8-20(3)24-11-12-25-23-10-9-22-17-21(18-27(30)31)13-15-28(22,4)26(23)14-16-29(24,25)5/h9,19-21,23-26H,6-8,10-18H2,1-5H3,(H,30,31)/p-1/t20-,21+,23+,24-,25+,26+,28+,29-/m1/s1. The molecule has 0 N–H and O–H groups in total. The average molecular weight is 428 g/mol. The first kappa shape index (κ1) is 23.4. The Balaban J connectivity index is 1.47. The van der Waals surface area contributed by atoms with Crippen LogP contribution in [0.15, 0.2) is 11.6 Å². The second kappa shape index (κ2) is 8.86. The summed E-state index contributed by atoms with van der Waals surface area (Å²) in [5, 5.41) is 11.1. The zero-order valence-electron chi connectivity index (χ0n) is 20.9. The van der Waals surface area contributed by atoms with Crippen molar-refractivity contribution in [2.45, 2.75) is 112 Å². The third-order valence-corrected chi connectivity index (χ3v) is 10.9. The van der Waals surface area contributed by atoms with E-state index < -0.39 is 5.97 Å². The van der Waals surface area contributed by atoms with Crippen molar-refractivity contribution < 1.29 is 9.90 Å². The van der Waals surface area contributed by atoms with Gasteiger partial charge in [0.2, 0.25) is 0 Å². The van der Waals surface area contributed by atoms with Crippen LogP contribution in [0.3, 0.4) is 0 Å². The smallest absolute Gasteiger partial charge is 0.0417 e. The molecule has 0 aliphatic heterocycles. The van der Waals surface area contributed by atoms with E-state index in [0.717, 1.165) is 48.3 Å². The van der Waals surface area contributed by atoms with E-state index in [4.69, 9.17) is 0 Å². The molecule has 0 aromatic carbocycles. The van der Waals surface area contributed by atoms with Gasteiger partial charge in [-0.25, -0.2) is 0 Å². The van der Waals surface area contributed by atoms with Crippen molar-refractivity contribution in [3.05, 3.63) is 11.6 Å². The number of carboxylic acids is 1. The molecule has 0 unspecified atom stereocenters. The highest BCUT2D eigenvalue weighted by Crippen LogP contribution is 2.67. The summed E-state index contributed by atoms with van der Waals surface area (Å²) in [6.45, 7) is 12.5. The minimum absolute atomic E-state index is 0.249. The van der Waals surface area contributed by atoms with Crippen LogP contribution in [0.2, 0.25) is 0 Å². The van der Waals surface area contributed by atoms with E-state index in [1.165, 1.54) is 57.8 Å². The Kier molecular flexibility index (Phi) is 6.68. The summed E-state index contributed by atoms with van der Waals surface area (Å²) in [5.74, 6) is 4.65. The Morgan fingerprint density at radius 2 is 1.84 bits per heavy atom. The molecule has 0 bridgehead atoms. The molecule has 3 saturated carbocycles. The van der Waals surface area contributed by atoms with Gasteiger partial charge in [0.15, 0.2) is 0 Å². The van der Waals surface area contributed by atoms with Crippen LogP contribution in [0.1, 0.15) is 112 Å². The number of allylic oxidation sites excluding steroid dienone is 2. The van der Waals surface area contributed by atoms with Crippen molar-refractivity contribution in [2.75, 3.05) is 0 Å². The molecule has 0 radical (unpaired) electrons. The summed E-state index contributed by atoms with van der Waals surface area (Å²) in [7, 11) is 0. The minimum Gasteiger partial charge on any atom is -0.550 e. The first-order valence-corrected chi connectivity index (χ1v) is 13.5. The molecule has 0 spiro atoms. The van der Waals surface area contributed by atoms with Gasteiger partial charge in [-0.05, 0) is 110 Å². The number of carbonyl (C=O) groups is 1. The van der Waals surface area contributed by atoms with Crippen LogP contribution >= 0.6 is 0 Å². The Morgan fingerprint density at radius 3 is 2.55 bits per heavy atom. The number of carboxylic acid groups (broad SMARTS) is 1. The molecule has 2 nitrogen and oxygen atoms in total. The minimum atomic E-state index is -0.865. The van der Waals surface area contributed by atoms with Gasteiger partial charge >= 0.3 is 0 Å².